The van der Waals surface area contributed by atoms with Gasteiger partial charge in [0.05, 0.1) is 76.5 Å². The summed E-state index contributed by atoms with van der Waals surface area (Å²) in [6.45, 7) is 3.88. The predicted octanol–water partition coefficient (Wildman–Crippen LogP) is 7.09. The number of aldehydes is 1. The molecule has 2 aliphatic rings. The number of esters is 9. The van der Waals surface area contributed by atoms with E-state index in [2.05, 4.69) is 6.58 Å². The van der Waals surface area contributed by atoms with Crippen LogP contribution in [0.4, 0.5) is 0 Å². The highest BCUT2D eigenvalue weighted by atomic mass is 16.6. The van der Waals surface area contributed by atoms with Crippen LogP contribution >= 0.6 is 0 Å². The lowest BCUT2D eigenvalue weighted by Crippen LogP contribution is -2.31. The van der Waals surface area contributed by atoms with E-state index >= 15 is 0 Å². The smallest absolute Gasteiger partial charge is 0.341 e. The van der Waals surface area contributed by atoms with Gasteiger partial charge in [-0.05, 0) is 118 Å². The molecule has 396 valence electrons. The minimum Gasteiger partial charge on any atom is -0.466 e. The molecule has 0 spiro atoms. The Bertz CT molecular complexity index is 2430. The van der Waals surface area contributed by atoms with Crippen molar-refractivity contribution in [1.29, 1.82) is 0 Å². The minimum atomic E-state index is -0.821. The topological polar surface area (TPSA) is 254 Å². The number of methoxy groups -OCH3 is 1. The van der Waals surface area contributed by atoms with Crippen LogP contribution in [0, 0.1) is 23.7 Å². The van der Waals surface area contributed by atoms with Gasteiger partial charge in [0.2, 0.25) is 0 Å². The number of rotatable bonds is 27. The molecule has 19 nitrogen and oxygen atoms in total. The van der Waals surface area contributed by atoms with Crippen molar-refractivity contribution >= 4 is 60.0 Å². The van der Waals surface area contributed by atoms with Crippen LogP contribution in [0.25, 0.3) is 0 Å². The molecule has 19 heteroatoms. The van der Waals surface area contributed by atoms with E-state index in [1.807, 2.05) is 0 Å². The van der Waals surface area contributed by atoms with E-state index in [1.54, 1.807) is 48.5 Å². The van der Waals surface area contributed by atoms with Crippen LogP contribution in [-0.4, -0.2) is 93.5 Å². The van der Waals surface area contributed by atoms with E-state index in [4.69, 9.17) is 42.6 Å². The normalized spacial score (nSPS) is 17.0. The van der Waals surface area contributed by atoms with Crippen molar-refractivity contribution < 1.29 is 90.6 Å². The number of benzene rings is 3. The summed E-state index contributed by atoms with van der Waals surface area (Å²) in [6.07, 6.45) is 6.39. The Morgan fingerprint density at radius 2 is 0.892 bits per heavy atom. The monoisotopic (exact) mass is 1030 g/mol. The quantitative estimate of drug-likeness (QED) is 0.0184. The number of carbonyl (C=O) groups excluding carboxylic acids is 10. The Morgan fingerprint density at radius 3 is 1.32 bits per heavy atom. The standard InChI is InChI=1S/C55H62O19/c1-3-47(57)67-31-4-5-32-68-49(59)26-27-50(60)70-34-29-37-10-22-43(23-11-37)72-52(62)39-16-18-41(19-17-39)54(64)74-46-25-24-44(35-45(46)55(65)66-2)73-53(63)40-14-12-38(13-15-40)51(61)71-42-20-8-36(9-21-42)28-33-69-48(58)7-6-30-56/h3,8-11,20-25,30,35,38-41H,1,4-7,12-19,26-29,31-34H2,2H3. The molecule has 0 bridgehead atoms. The number of unbranched alkanes of at least 4 members (excludes halogenated alkanes) is 1. The second kappa shape index (κ2) is 30.4. The first-order valence-corrected chi connectivity index (χ1v) is 24.7. The summed E-state index contributed by atoms with van der Waals surface area (Å²) in [7, 11) is 1.16. The molecule has 0 unspecified atom stereocenters. The third-order valence-electron chi connectivity index (χ3n) is 12.4. The van der Waals surface area contributed by atoms with Crippen molar-refractivity contribution in [2.75, 3.05) is 33.5 Å². The molecule has 2 aliphatic carbocycles. The maximum atomic E-state index is 13.3. The van der Waals surface area contributed by atoms with Gasteiger partial charge in [0.1, 0.15) is 34.8 Å². The Labute approximate surface area is 428 Å². The second-order valence-corrected chi connectivity index (χ2v) is 17.7. The van der Waals surface area contributed by atoms with E-state index < -0.39 is 77.4 Å². The summed E-state index contributed by atoms with van der Waals surface area (Å²) in [5, 5.41) is 0. The molecule has 0 atom stereocenters. The van der Waals surface area contributed by atoms with E-state index in [-0.39, 0.29) is 69.2 Å². The molecule has 0 N–H and O–H groups in total. The summed E-state index contributed by atoms with van der Waals surface area (Å²) in [6, 6.07) is 17.6. The lowest BCUT2D eigenvalue weighted by atomic mass is 9.82. The second-order valence-electron chi connectivity index (χ2n) is 17.7. The highest BCUT2D eigenvalue weighted by molar-refractivity contribution is 5.94. The summed E-state index contributed by atoms with van der Waals surface area (Å²) < 4.78 is 47.7. The molecule has 0 aromatic heterocycles. The highest BCUT2D eigenvalue weighted by Crippen LogP contribution is 2.35. The summed E-state index contributed by atoms with van der Waals surface area (Å²) in [5.74, 6) is -6.19. The third-order valence-corrected chi connectivity index (χ3v) is 12.4. The maximum absolute atomic E-state index is 13.3. The molecular weight excluding hydrogens is 965 g/mol. The van der Waals surface area contributed by atoms with Gasteiger partial charge in [0, 0.05) is 25.3 Å². The molecule has 2 fully saturated rings. The van der Waals surface area contributed by atoms with Gasteiger partial charge in [-0.1, -0.05) is 30.8 Å². The lowest BCUT2D eigenvalue weighted by Gasteiger charge is -2.26. The SMILES string of the molecule is C=CC(=O)OCCCCOC(=O)CCC(=O)OCCc1ccc(OC(=O)C2CCC(C(=O)Oc3ccc(OC(=O)C4CCC(C(=O)Oc5ccc(CCOC(=O)CCC=O)cc5)CC4)cc3C(=O)OC)CC2)cc1. The van der Waals surface area contributed by atoms with E-state index in [1.165, 1.54) is 18.2 Å². The van der Waals surface area contributed by atoms with Crippen LogP contribution in [-0.2, 0) is 79.7 Å². The summed E-state index contributed by atoms with van der Waals surface area (Å²) >= 11 is 0. The zero-order valence-electron chi connectivity index (χ0n) is 41.4. The molecule has 0 aliphatic heterocycles. The van der Waals surface area contributed by atoms with Gasteiger partial charge in [0.15, 0.2) is 0 Å². The Balaban J connectivity index is 0.976. The van der Waals surface area contributed by atoms with Crippen LogP contribution < -0.4 is 18.9 Å². The van der Waals surface area contributed by atoms with Crippen molar-refractivity contribution in [3.05, 3.63) is 96.1 Å². The molecule has 0 amide bonds. The summed E-state index contributed by atoms with van der Waals surface area (Å²) in [4.78, 5) is 122. The number of hydrogen-bond acceptors (Lipinski definition) is 19. The molecular formula is C55H62O19. The minimum absolute atomic E-state index is 0.0373. The molecule has 0 saturated heterocycles. The Morgan fingerprint density at radius 1 is 0.500 bits per heavy atom. The van der Waals surface area contributed by atoms with Crippen molar-refractivity contribution in [3.8, 4) is 23.0 Å². The molecule has 74 heavy (non-hydrogen) atoms. The molecule has 2 saturated carbocycles. The molecule has 3 aromatic carbocycles. The lowest BCUT2D eigenvalue weighted by molar-refractivity contribution is -0.150. The molecule has 3 aromatic rings. The fourth-order valence-corrected chi connectivity index (χ4v) is 8.08. The third kappa shape index (κ3) is 19.4. The van der Waals surface area contributed by atoms with Crippen LogP contribution in [0.2, 0.25) is 0 Å². The van der Waals surface area contributed by atoms with Crippen molar-refractivity contribution in [3.63, 3.8) is 0 Å². The van der Waals surface area contributed by atoms with Crippen LogP contribution in [0.15, 0.2) is 79.4 Å². The van der Waals surface area contributed by atoms with Crippen molar-refractivity contribution in [2.45, 2.75) is 103 Å². The molecule has 0 radical (unpaired) electrons. The van der Waals surface area contributed by atoms with Gasteiger partial charge < -0.3 is 47.4 Å². The zero-order chi connectivity index (χ0) is 53.2. The van der Waals surface area contributed by atoms with Gasteiger partial charge in [-0.15, -0.1) is 0 Å². The average Bonchev–Trinajstić information content (AvgIpc) is 3.41. The first kappa shape index (κ1) is 57.2. The number of hydrogen-bond donors (Lipinski definition) is 0. The fourth-order valence-electron chi connectivity index (χ4n) is 8.08. The van der Waals surface area contributed by atoms with Crippen molar-refractivity contribution in [2.24, 2.45) is 23.7 Å². The number of ether oxygens (including phenoxy) is 9. The van der Waals surface area contributed by atoms with E-state index in [0.29, 0.717) is 94.8 Å². The zero-order valence-corrected chi connectivity index (χ0v) is 41.4. The van der Waals surface area contributed by atoms with E-state index in [9.17, 15) is 47.9 Å². The Kier molecular flexibility index (Phi) is 23.5. The highest BCUT2D eigenvalue weighted by Gasteiger charge is 2.34. The first-order valence-electron chi connectivity index (χ1n) is 24.7. The van der Waals surface area contributed by atoms with Crippen molar-refractivity contribution in [1.82, 2.24) is 0 Å². The average molecular weight is 1030 g/mol. The van der Waals surface area contributed by atoms with E-state index in [0.717, 1.165) is 24.3 Å². The maximum Gasteiger partial charge on any atom is 0.341 e. The Hall–Kier alpha value is -7.70. The predicted molar refractivity (Wildman–Crippen MR) is 259 cm³/mol. The van der Waals surface area contributed by atoms with Crippen LogP contribution in [0.5, 0.6) is 23.0 Å². The van der Waals surface area contributed by atoms with Gasteiger partial charge in [-0.2, -0.15) is 0 Å². The first-order chi connectivity index (χ1) is 35.7. The van der Waals surface area contributed by atoms with Crippen LogP contribution in [0.3, 0.4) is 0 Å². The van der Waals surface area contributed by atoms with Gasteiger partial charge in [-0.3, -0.25) is 33.6 Å². The van der Waals surface area contributed by atoms with Gasteiger partial charge in [-0.25, -0.2) is 9.59 Å². The fraction of sp³-hybridized carbons (Fsp3) is 0.455. The van der Waals surface area contributed by atoms with Gasteiger partial charge >= 0.3 is 53.7 Å². The number of carbonyl (C=O) groups is 10. The summed E-state index contributed by atoms with van der Waals surface area (Å²) in [5.41, 5.74) is 1.56. The van der Waals surface area contributed by atoms with Crippen LogP contribution in [0.1, 0.15) is 111 Å². The molecule has 5 rings (SSSR count). The molecule has 0 heterocycles. The van der Waals surface area contributed by atoms with Gasteiger partial charge in [0.25, 0.3) is 0 Å². The largest absolute Gasteiger partial charge is 0.466 e.